The zero-order valence-corrected chi connectivity index (χ0v) is 17.4. The van der Waals surface area contributed by atoms with Gasteiger partial charge in [-0.15, -0.1) is 0 Å². The SMILES string of the molecule is CCOC(=O)C(C)Oc1ccc(C=C2C(=O)NN(c3ccccc3)C2=O)cc1Br. The molecular formula is C21H19BrN2O5. The number of ether oxygens (including phenoxy) is 2. The van der Waals surface area contributed by atoms with Crippen LogP contribution in [0.25, 0.3) is 6.08 Å². The molecule has 0 spiro atoms. The number of halogens is 1. The lowest BCUT2D eigenvalue weighted by atomic mass is 10.1. The smallest absolute Gasteiger partial charge is 0.347 e. The van der Waals surface area contributed by atoms with E-state index in [0.717, 1.165) is 0 Å². The summed E-state index contributed by atoms with van der Waals surface area (Å²) in [4.78, 5) is 36.6. The number of nitrogens with zero attached hydrogens (tertiary/aromatic N) is 1. The minimum absolute atomic E-state index is 0.0225. The van der Waals surface area contributed by atoms with E-state index in [1.54, 1.807) is 56.3 Å². The van der Waals surface area contributed by atoms with E-state index in [9.17, 15) is 14.4 Å². The summed E-state index contributed by atoms with van der Waals surface area (Å²) in [5.74, 6) is -0.930. The number of anilines is 1. The first-order chi connectivity index (χ1) is 13.9. The number of amides is 2. The van der Waals surface area contributed by atoms with Crippen molar-refractivity contribution in [2.45, 2.75) is 20.0 Å². The highest BCUT2D eigenvalue weighted by Gasteiger charge is 2.34. The molecule has 1 heterocycles. The summed E-state index contributed by atoms with van der Waals surface area (Å²) in [7, 11) is 0. The molecule has 2 aromatic carbocycles. The van der Waals surface area contributed by atoms with Crippen LogP contribution in [0.4, 0.5) is 5.69 Å². The van der Waals surface area contributed by atoms with Gasteiger partial charge in [0.15, 0.2) is 6.10 Å². The van der Waals surface area contributed by atoms with Gasteiger partial charge in [0.05, 0.1) is 16.8 Å². The van der Waals surface area contributed by atoms with Crippen LogP contribution in [0.5, 0.6) is 5.75 Å². The Bertz CT molecular complexity index is 974. The largest absolute Gasteiger partial charge is 0.478 e. The first-order valence-electron chi connectivity index (χ1n) is 8.95. The van der Waals surface area contributed by atoms with Crippen LogP contribution in [0.3, 0.4) is 0 Å². The van der Waals surface area contributed by atoms with E-state index >= 15 is 0 Å². The third-order valence-corrected chi connectivity index (χ3v) is 4.71. The van der Waals surface area contributed by atoms with Crippen molar-refractivity contribution >= 4 is 45.5 Å². The van der Waals surface area contributed by atoms with Gasteiger partial charge in [-0.05, 0) is 65.7 Å². The Morgan fingerprint density at radius 1 is 1.21 bits per heavy atom. The van der Waals surface area contributed by atoms with Crippen molar-refractivity contribution in [1.82, 2.24) is 5.43 Å². The monoisotopic (exact) mass is 458 g/mol. The predicted octanol–water partition coefficient (Wildman–Crippen LogP) is 3.24. The maximum atomic E-state index is 12.6. The molecule has 0 radical (unpaired) electrons. The zero-order chi connectivity index (χ0) is 21.0. The second-order valence-corrected chi connectivity index (χ2v) is 7.03. The summed E-state index contributed by atoms with van der Waals surface area (Å²) in [5, 5.41) is 1.21. The number of carbonyl (C=O) groups is 3. The van der Waals surface area contributed by atoms with Gasteiger partial charge in [-0.25, -0.2) is 9.80 Å². The summed E-state index contributed by atoms with van der Waals surface area (Å²) < 4.78 is 11.1. The average molecular weight is 459 g/mol. The number of hydrazine groups is 1. The number of para-hydroxylation sites is 1. The van der Waals surface area contributed by atoms with Gasteiger partial charge in [0.25, 0.3) is 11.8 Å². The number of nitrogens with one attached hydrogen (secondary N) is 1. The van der Waals surface area contributed by atoms with E-state index in [4.69, 9.17) is 9.47 Å². The number of benzene rings is 2. The van der Waals surface area contributed by atoms with Crippen LogP contribution in [0.15, 0.2) is 58.6 Å². The van der Waals surface area contributed by atoms with E-state index in [1.807, 2.05) is 6.07 Å². The number of hydrogen-bond acceptors (Lipinski definition) is 5. The van der Waals surface area contributed by atoms with Gasteiger partial charge in [0.1, 0.15) is 11.3 Å². The molecule has 1 saturated heterocycles. The van der Waals surface area contributed by atoms with Crippen LogP contribution < -0.4 is 15.2 Å². The number of hydrogen-bond donors (Lipinski definition) is 1. The van der Waals surface area contributed by atoms with Crippen molar-refractivity contribution < 1.29 is 23.9 Å². The quantitative estimate of drug-likeness (QED) is 0.408. The summed E-state index contributed by atoms with van der Waals surface area (Å²) in [6, 6.07) is 13.9. The summed E-state index contributed by atoms with van der Waals surface area (Å²) in [6.45, 7) is 3.60. The van der Waals surface area contributed by atoms with Gasteiger partial charge in [0.2, 0.25) is 0 Å². The van der Waals surface area contributed by atoms with E-state index in [1.165, 1.54) is 11.1 Å². The molecule has 2 aromatic rings. The van der Waals surface area contributed by atoms with E-state index in [0.29, 0.717) is 21.5 Å². The Morgan fingerprint density at radius 3 is 2.59 bits per heavy atom. The molecule has 0 bridgehead atoms. The Morgan fingerprint density at radius 2 is 1.93 bits per heavy atom. The molecule has 0 saturated carbocycles. The lowest BCUT2D eigenvalue weighted by Crippen LogP contribution is -2.35. The minimum Gasteiger partial charge on any atom is -0.478 e. The highest BCUT2D eigenvalue weighted by Crippen LogP contribution is 2.29. The van der Waals surface area contributed by atoms with Crippen LogP contribution in [-0.4, -0.2) is 30.5 Å². The topological polar surface area (TPSA) is 84.9 Å². The zero-order valence-electron chi connectivity index (χ0n) is 15.8. The van der Waals surface area contributed by atoms with E-state index in [2.05, 4.69) is 21.4 Å². The molecule has 1 atom stereocenters. The van der Waals surface area contributed by atoms with Gasteiger partial charge in [-0.3, -0.25) is 15.0 Å². The Kier molecular flexibility index (Phi) is 6.33. The fourth-order valence-electron chi connectivity index (χ4n) is 2.68. The molecule has 150 valence electrons. The molecule has 1 unspecified atom stereocenters. The van der Waals surface area contributed by atoms with Crippen molar-refractivity contribution in [3.8, 4) is 5.75 Å². The normalized spacial score (nSPS) is 16.0. The van der Waals surface area contributed by atoms with Crippen LogP contribution in [-0.2, 0) is 19.1 Å². The molecule has 7 nitrogen and oxygen atoms in total. The highest BCUT2D eigenvalue weighted by molar-refractivity contribution is 9.10. The molecule has 3 rings (SSSR count). The van der Waals surface area contributed by atoms with Crippen molar-refractivity contribution in [3.05, 3.63) is 64.1 Å². The molecule has 1 aliphatic rings. The molecular weight excluding hydrogens is 440 g/mol. The lowest BCUT2D eigenvalue weighted by Gasteiger charge is -2.15. The lowest BCUT2D eigenvalue weighted by molar-refractivity contribution is -0.150. The number of esters is 1. The molecule has 8 heteroatoms. The highest BCUT2D eigenvalue weighted by atomic mass is 79.9. The standard InChI is InChI=1S/C21H19BrN2O5/c1-3-28-21(27)13(2)29-18-10-9-14(12-17(18)22)11-16-19(25)23-24(20(16)26)15-7-5-4-6-8-15/h4-13H,3H2,1-2H3,(H,23,25). The van der Waals surface area contributed by atoms with Gasteiger partial charge in [-0.1, -0.05) is 24.3 Å². The number of rotatable bonds is 6. The molecule has 0 aromatic heterocycles. The second-order valence-electron chi connectivity index (χ2n) is 6.18. The van der Waals surface area contributed by atoms with Crippen LogP contribution in [0.1, 0.15) is 19.4 Å². The first-order valence-corrected chi connectivity index (χ1v) is 9.75. The van der Waals surface area contributed by atoms with E-state index in [-0.39, 0.29) is 12.2 Å². The third kappa shape index (κ3) is 4.65. The molecule has 2 amide bonds. The minimum atomic E-state index is -0.767. The second kappa shape index (κ2) is 8.91. The maximum absolute atomic E-state index is 12.6. The average Bonchev–Trinajstić information content (AvgIpc) is 2.99. The fraction of sp³-hybridized carbons (Fsp3) is 0.190. The number of carbonyl (C=O) groups excluding carboxylic acids is 3. The fourth-order valence-corrected chi connectivity index (χ4v) is 3.17. The molecule has 1 N–H and O–H groups in total. The van der Waals surface area contributed by atoms with E-state index < -0.39 is 23.9 Å². The molecule has 1 fully saturated rings. The predicted molar refractivity (Wildman–Crippen MR) is 111 cm³/mol. The first kappa shape index (κ1) is 20.6. The van der Waals surface area contributed by atoms with Crippen LogP contribution in [0, 0.1) is 0 Å². The Balaban J connectivity index is 1.78. The van der Waals surface area contributed by atoms with Crippen molar-refractivity contribution in [1.29, 1.82) is 0 Å². The third-order valence-electron chi connectivity index (χ3n) is 4.10. The molecule has 1 aliphatic heterocycles. The van der Waals surface area contributed by atoms with Crippen molar-refractivity contribution in [3.63, 3.8) is 0 Å². The van der Waals surface area contributed by atoms with Crippen LogP contribution >= 0.6 is 15.9 Å². The maximum Gasteiger partial charge on any atom is 0.347 e. The van der Waals surface area contributed by atoms with Gasteiger partial charge >= 0.3 is 5.97 Å². The molecule has 0 aliphatic carbocycles. The van der Waals surface area contributed by atoms with Gasteiger partial charge in [0, 0.05) is 0 Å². The van der Waals surface area contributed by atoms with Crippen molar-refractivity contribution in [2.75, 3.05) is 11.6 Å². The summed E-state index contributed by atoms with van der Waals surface area (Å²) >= 11 is 3.39. The molecule has 29 heavy (non-hydrogen) atoms. The Hall–Kier alpha value is -3.13. The van der Waals surface area contributed by atoms with Crippen LogP contribution in [0.2, 0.25) is 0 Å². The van der Waals surface area contributed by atoms with Crippen molar-refractivity contribution in [2.24, 2.45) is 0 Å². The van der Waals surface area contributed by atoms with Gasteiger partial charge < -0.3 is 9.47 Å². The summed E-state index contributed by atoms with van der Waals surface area (Å²) in [6.07, 6.45) is 0.737. The summed E-state index contributed by atoms with van der Waals surface area (Å²) in [5.41, 5.74) is 3.78. The van der Waals surface area contributed by atoms with Gasteiger partial charge in [-0.2, -0.15) is 0 Å². The Labute approximate surface area is 176 Å².